The van der Waals surface area contributed by atoms with Crippen LogP contribution in [0.2, 0.25) is 10.0 Å². The van der Waals surface area contributed by atoms with E-state index in [-0.39, 0.29) is 15.7 Å². The highest BCUT2D eigenvalue weighted by Gasteiger charge is 2.35. The molecule has 134 valence electrons. The molecule has 0 aliphatic heterocycles. The minimum absolute atomic E-state index is 0.00466. The number of hydrogen-bond acceptors (Lipinski definition) is 4. The quantitative estimate of drug-likeness (QED) is 0.504. The molecule has 0 N–H and O–H groups in total. The zero-order valence-electron chi connectivity index (χ0n) is 14.4. The number of nitrogens with zero attached hydrogens (tertiary/aromatic N) is 1. The first kappa shape index (κ1) is 21.1. The Bertz CT molecular complexity index is 599. The molecular formula is C16H20BrCl2NO4. The van der Waals surface area contributed by atoms with Crippen LogP contribution in [0.1, 0.15) is 41.5 Å². The summed E-state index contributed by atoms with van der Waals surface area (Å²) in [6.07, 6.45) is -1.86. The van der Waals surface area contributed by atoms with Crippen LogP contribution in [-0.2, 0) is 9.47 Å². The van der Waals surface area contributed by atoms with E-state index >= 15 is 0 Å². The Morgan fingerprint density at radius 2 is 1.25 bits per heavy atom. The van der Waals surface area contributed by atoms with Crippen molar-refractivity contribution in [3.8, 4) is 0 Å². The number of anilines is 1. The summed E-state index contributed by atoms with van der Waals surface area (Å²) in [6, 6.07) is 3.04. The normalized spacial score (nSPS) is 11.9. The van der Waals surface area contributed by atoms with E-state index in [0.717, 1.165) is 0 Å². The number of halogens is 3. The maximum absolute atomic E-state index is 12.5. The molecular weight excluding hydrogens is 421 g/mol. The molecule has 0 spiro atoms. The van der Waals surface area contributed by atoms with E-state index in [1.807, 2.05) is 0 Å². The Hall–Kier alpha value is -0.980. The lowest BCUT2D eigenvalue weighted by atomic mass is 10.2. The molecule has 0 heterocycles. The Balaban J connectivity index is 3.39. The van der Waals surface area contributed by atoms with E-state index < -0.39 is 23.4 Å². The summed E-state index contributed by atoms with van der Waals surface area (Å²) in [5.74, 6) is 0. The number of ether oxygens (including phenoxy) is 2. The summed E-state index contributed by atoms with van der Waals surface area (Å²) >= 11 is 15.6. The summed E-state index contributed by atoms with van der Waals surface area (Å²) in [6.45, 7) is 10.1. The molecule has 2 amide bonds. The monoisotopic (exact) mass is 439 g/mol. The minimum Gasteiger partial charge on any atom is -0.443 e. The lowest BCUT2D eigenvalue weighted by molar-refractivity contribution is 0.0431. The van der Waals surface area contributed by atoms with Crippen LogP contribution in [0.15, 0.2) is 16.6 Å². The first-order chi connectivity index (χ1) is 10.7. The molecule has 0 bridgehead atoms. The number of carbonyl (C=O) groups excluding carboxylic acids is 2. The van der Waals surface area contributed by atoms with Gasteiger partial charge in [-0.1, -0.05) is 39.1 Å². The highest BCUT2D eigenvalue weighted by Crippen LogP contribution is 2.38. The van der Waals surface area contributed by atoms with Crippen LogP contribution in [0.3, 0.4) is 0 Å². The van der Waals surface area contributed by atoms with Crippen LogP contribution in [0, 0.1) is 0 Å². The highest BCUT2D eigenvalue weighted by atomic mass is 79.9. The van der Waals surface area contributed by atoms with Crippen molar-refractivity contribution in [2.75, 3.05) is 4.90 Å². The summed E-state index contributed by atoms with van der Waals surface area (Å²) in [5.41, 5.74) is -1.62. The number of amides is 2. The topological polar surface area (TPSA) is 55.8 Å². The van der Waals surface area contributed by atoms with E-state index in [4.69, 9.17) is 32.7 Å². The van der Waals surface area contributed by atoms with Crippen LogP contribution in [0.5, 0.6) is 0 Å². The predicted octanol–water partition coefficient (Wildman–Crippen LogP) is 6.43. The maximum Gasteiger partial charge on any atom is 0.424 e. The fourth-order valence-electron chi connectivity index (χ4n) is 1.62. The lowest BCUT2D eigenvalue weighted by Crippen LogP contribution is -2.44. The van der Waals surface area contributed by atoms with E-state index in [9.17, 15) is 9.59 Å². The standard InChI is InChI=1S/C16H20BrCl2NO4/c1-15(2,3)23-13(21)20(14(22)24-16(4,5)6)12-10(18)7-9(17)8-11(12)19/h7-8H,1-6H3. The Labute approximate surface area is 160 Å². The summed E-state index contributed by atoms with van der Waals surface area (Å²) in [7, 11) is 0. The van der Waals surface area contributed by atoms with Gasteiger partial charge >= 0.3 is 12.2 Å². The van der Waals surface area contributed by atoms with Gasteiger partial charge in [-0.3, -0.25) is 0 Å². The molecule has 24 heavy (non-hydrogen) atoms. The van der Waals surface area contributed by atoms with Gasteiger partial charge in [0.15, 0.2) is 0 Å². The third-order valence-electron chi connectivity index (χ3n) is 2.36. The van der Waals surface area contributed by atoms with Gasteiger partial charge in [0.25, 0.3) is 0 Å². The number of rotatable bonds is 1. The molecule has 1 aromatic carbocycles. The Kier molecular flexibility index (Phi) is 6.58. The van der Waals surface area contributed by atoms with Crippen molar-refractivity contribution in [3.05, 3.63) is 26.7 Å². The van der Waals surface area contributed by atoms with Gasteiger partial charge in [-0.2, -0.15) is 4.90 Å². The van der Waals surface area contributed by atoms with Crippen molar-refractivity contribution in [1.82, 2.24) is 0 Å². The number of carbonyl (C=O) groups is 2. The molecule has 0 saturated heterocycles. The van der Waals surface area contributed by atoms with E-state index in [0.29, 0.717) is 9.37 Å². The second kappa shape index (κ2) is 7.50. The van der Waals surface area contributed by atoms with Gasteiger partial charge in [0.1, 0.15) is 11.2 Å². The highest BCUT2D eigenvalue weighted by molar-refractivity contribution is 9.10. The molecule has 0 radical (unpaired) electrons. The molecule has 0 aliphatic rings. The van der Waals surface area contributed by atoms with E-state index in [1.165, 1.54) is 12.1 Å². The average molecular weight is 441 g/mol. The van der Waals surface area contributed by atoms with Crippen LogP contribution >= 0.6 is 39.1 Å². The maximum atomic E-state index is 12.5. The zero-order chi connectivity index (χ0) is 18.9. The van der Waals surface area contributed by atoms with Gasteiger partial charge < -0.3 is 9.47 Å². The van der Waals surface area contributed by atoms with Crippen molar-refractivity contribution >= 4 is 57.0 Å². The van der Waals surface area contributed by atoms with Crippen LogP contribution in [0.4, 0.5) is 15.3 Å². The smallest absolute Gasteiger partial charge is 0.424 e. The van der Waals surface area contributed by atoms with Gasteiger partial charge in [0, 0.05) is 4.47 Å². The molecule has 1 aromatic rings. The predicted molar refractivity (Wildman–Crippen MR) is 99.1 cm³/mol. The fourth-order valence-corrected chi connectivity index (χ4v) is 3.00. The van der Waals surface area contributed by atoms with Crippen molar-refractivity contribution in [2.45, 2.75) is 52.7 Å². The summed E-state index contributed by atoms with van der Waals surface area (Å²) in [5, 5.41) is 0.206. The zero-order valence-corrected chi connectivity index (χ0v) is 17.5. The largest absolute Gasteiger partial charge is 0.443 e. The molecule has 5 nitrogen and oxygen atoms in total. The molecule has 0 unspecified atom stereocenters. The van der Waals surface area contributed by atoms with Gasteiger partial charge in [-0.15, -0.1) is 0 Å². The number of hydrogen-bond donors (Lipinski definition) is 0. The van der Waals surface area contributed by atoms with Crippen LogP contribution < -0.4 is 4.90 Å². The minimum atomic E-state index is -0.928. The molecule has 1 rings (SSSR count). The summed E-state index contributed by atoms with van der Waals surface area (Å²) in [4.78, 5) is 25.8. The Morgan fingerprint density at radius 1 is 0.917 bits per heavy atom. The molecule has 0 aliphatic carbocycles. The number of benzene rings is 1. The van der Waals surface area contributed by atoms with E-state index in [2.05, 4.69) is 15.9 Å². The van der Waals surface area contributed by atoms with Gasteiger partial charge in [-0.25, -0.2) is 9.59 Å². The first-order valence-corrected chi connectivity index (χ1v) is 8.67. The second-order valence-electron chi connectivity index (χ2n) is 7.01. The molecule has 8 heteroatoms. The van der Waals surface area contributed by atoms with Crippen molar-refractivity contribution in [1.29, 1.82) is 0 Å². The molecule has 0 fully saturated rings. The van der Waals surface area contributed by atoms with Crippen LogP contribution in [0.25, 0.3) is 0 Å². The fraction of sp³-hybridized carbons (Fsp3) is 0.500. The third-order valence-corrected chi connectivity index (χ3v) is 3.39. The van der Waals surface area contributed by atoms with Crippen molar-refractivity contribution < 1.29 is 19.1 Å². The summed E-state index contributed by atoms with van der Waals surface area (Å²) < 4.78 is 11.2. The SMILES string of the molecule is CC(C)(C)OC(=O)N(C(=O)OC(C)(C)C)c1c(Cl)cc(Br)cc1Cl. The second-order valence-corrected chi connectivity index (χ2v) is 8.74. The average Bonchev–Trinajstić information content (AvgIpc) is 2.28. The van der Waals surface area contributed by atoms with Crippen LogP contribution in [-0.4, -0.2) is 23.4 Å². The Morgan fingerprint density at radius 3 is 1.54 bits per heavy atom. The van der Waals surface area contributed by atoms with E-state index in [1.54, 1.807) is 41.5 Å². The molecule has 0 saturated carbocycles. The molecule has 0 aromatic heterocycles. The molecule has 0 atom stereocenters. The van der Waals surface area contributed by atoms with Gasteiger partial charge in [-0.05, 0) is 53.7 Å². The van der Waals surface area contributed by atoms with Crippen molar-refractivity contribution in [2.24, 2.45) is 0 Å². The van der Waals surface area contributed by atoms with Gasteiger partial charge in [0.05, 0.1) is 15.7 Å². The van der Waals surface area contributed by atoms with Crippen molar-refractivity contribution in [3.63, 3.8) is 0 Å². The van der Waals surface area contributed by atoms with Gasteiger partial charge in [0.2, 0.25) is 0 Å². The number of imide groups is 1. The first-order valence-electron chi connectivity index (χ1n) is 7.12. The third kappa shape index (κ3) is 6.15. The lowest BCUT2D eigenvalue weighted by Gasteiger charge is -2.29.